The molecule has 1 aliphatic rings. The summed E-state index contributed by atoms with van der Waals surface area (Å²) >= 11 is 0. The summed E-state index contributed by atoms with van der Waals surface area (Å²) in [5.41, 5.74) is 2.82. The first kappa shape index (κ1) is 19.4. The number of morpholine rings is 1. The molecule has 1 saturated heterocycles. The van der Waals surface area contributed by atoms with Gasteiger partial charge in [0.15, 0.2) is 5.65 Å². The van der Waals surface area contributed by atoms with Crippen LogP contribution in [0.15, 0.2) is 48.8 Å². The molecule has 0 aliphatic carbocycles. The predicted octanol–water partition coefficient (Wildman–Crippen LogP) is 3.36. The highest BCUT2D eigenvalue weighted by Crippen LogP contribution is 2.30. The van der Waals surface area contributed by atoms with Crippen LogP contribution in [0.5, 0.6) is 5.75 Å². The van der Waals surface area contributed by atoms with Crippen molar-refractivity contribution < 1.29 is 18.6 Å². The second-order valence-corrected chi connectivity index (χ2v) is 7.34. The van der Waals surface area contributed by atoms with Gasteiger partial charge in [-0.3, -0.25) is 0 Å². The summed E-state index contributed by atoms with van der Waals surface area (Å²) in [7, 11) is 0. The highest BCUT2D eigenvalue weighted by atomic mass is 19.1. The van der Waals surface area contributed by atoms with Crippen LogP contribution in [0.2, 0.25) is 0 Å². The summed E-state index contributed by atoms with van der Waals surface area (Å²) in [6.45, 7) is 2.64. The number of phenols is 1. The zero-order chi connectivity index (χ0) is 21.4. The number of anilines is 1. The Labute approximate surface area is 176 Å². The molecule has 1 N–H and O–H groups in total. The maximum Gasteiger partial charge on any atom is 0.228 e. The molecule has 0 bridgehead atoms. The summed E-state index contributed by atoms with van der Waals surface area (Å²) in [4.78, 5) is 16.0. The zero-order valence-electron chi connectivity index (χ0n) is 16.5. The van der Waals surface area contributed by atoms with E-state index in [0.717, 1.165) is 6.07 Å². The average Bonchev–Trinajstić information content (AvgIpc) is 3.15. The van der Waals surface area contributed by atoms with Gasteiger partial charge in [0.2, 0.25) is 5.95 Å². The van der Waals surface area contributed by atoms with Crippen molar-refractivity contribution in [3.8, 4) is 17.0 Å². The molecule has 0 unspecified atom stereocenters. The van der Waals surface area contributed by atoms with Gasteiger partial charge in [0.25, 0.3) is 0 Å². The lowest BCUT2D eigenvalue weighted by Gasteiger charge is -2.27. The van der Waals surface area contributed by atoms with Crippen LogP contribution in [-0.2, 0) is 11.3 Å². The fraction of sp³-hybridized carbons (Fsp3) is 0.227. The number of ether oxygens (including phenoxy) is 1. The number of hydrogen-bond acceptors (Lipinski definition) is 6. The number of halogens is 2. The highest BCUT2D eigenvalue weighted by molar-refractivity contribution is 5.88. The van der Waals surface area contributed by atoms with E-state index in [1.165, 1.54) is 12.1 Å². The van der Waals surface area contributed by atoms with E-state index in [4.69, 9.17) is 14.7 Å². The number of rotatable bonds is 4. The molecule has 1 fully saturated rings. The SMILES string of the molecule is Oc1cccc(-c2nc(N3CCOCC3)nc3c2ncn3Cc2cc(F)cc(F)c2)c1. The Bertz CT molecular complexity index is 1230. The normalized spacial score (nSPS) is 14.3. The van der Waals surface area contributed by atoms with Crippen molar-refractivity contribution in [2.45, 2.75) is 6.54 Å². The number of fused-ring (bicyclic) bond motifs is 1. The summed E-state index contributed by atoms with van der Waals surface area (Å²) in [6.07, 6.45) is 1.58. The van der Waals surface area contributed by atoms with E-state index in [0.29, 0.717) is 60.2 Å². The predicted molar refractivity (Wildman–Crippen MR) is 111 cm³/mol. The largest absolute Gasteiger partial charge is 0.508 e. The standard InChI is InChI=1S/C22H19F2N5O2/c23-16-8-14(9-17(24)11-16)12-29-13-25-20-19(15-2-1-3-18(30)10-15)26-22(27-21(20)29)28-4-6-31-7-5-28/h1-3,8-11,13,30H,4-7,12H2. The fourth-order valence-electron chi connectivity index (χ4n) is 3.71. The third kappa shape index (κ3) is 3.91. The molecule has 2 aromatic carbocycles. The second-order valence-electron chi connectivity index (χ2n) is 7.34. The molecule has 5 rings (SSSR count). The van der Waals surface area contributed by atoms with Crippen LogP contribution in [0.25, 0.3) is 22.4 Å². The van der Waals surface area contributed by atoms with Crippen LogP contribution in [0.1, 0.15) is 5.56 Å². The Kier molecular flexibility index (Phi) is 4.95. The number of aromatic hydroxyl groups is 1. The smallest absolute Gasteiger partial charge is 0.228 e. The van der Waals surface area contributed by atoms with Crippen LogP contribution in [0, 0.1) is 11.6 Å². The van der Waals surface area contributed by atoms with Crippen LogP contribution >= 0.6 is 0 Å². The molecule has 0 amide bonds. The number of phenolic OH excluding ortho intramolecular Hbond substituents is 1. The molecule has 0 spiro atoms. The Morgan fingerprint density at radius 1 is 1.00 bits per heavy atom. The Morgan fingerprint density at radius 2 is 1.77 bits per heavy atom. The maximum absolute atomic E-state index is 13.7. The number of nitrogens with zero attached hydrogens (tertiary/aromatic N) is 5. The van der Waals surface area contributed by atoms with E-state index in [1.54, 1.807) is 29.1 Å². The number of hydrogen-bond donors (Lipinski definition) is 1. The van der Waals surface area contributed by atoms with E-state index >= 15 is 0 Å². The van der Waals surface area contributed by atoms with E-state index in [-0.39, 0.29) is 12.3 Å². The number of imidazole rings is 1. The van der Waals surface area contributed by atoms with Gasteiger partial charge in [-0.25, -0.2) is 18.7 Å². The monoisotopic (exact) mass is 423 g/mol. The summed E-state index contributed by atoms with van der Waals surface area (Å²) in [6, 6.07) is 10.2. The quantitative estimate of drug-likeness (QED) is 0.543. The highest BCUT2D eigenvalue weighted by Gasteiger charge is 2.20. The van der Waals surface area contributed by atoms with Crippen molar-refractivity contribution in [3.63, 3.8) is 0 Å². The third-order valence-electron chi connectivity index (χ3n) is 5.14. The minimum absolute atomic E-state index is 0.117. The molecule has 9 heteroatoms. The average molecular weight is 423 g/mol. The van der Waals surface area contributed by atoms with Crippen molar-refractivity contribution >= 4 is 17.1 Å². The molecule has 7 nitrogen and oxygen atoms in total. The van der Waals surface area contributed by atoms with Gasteiger partial charge in [-0.15, -0.1) is 0 Å². The second kappa shape index (κ2) is 7.92. The van der Waals surface area contributed by atoms with Gasteiger partial charge in [-0.2, -0.15) is 4.98 Å². The molecule has 2 aromatic heterocycles. The molecule has 158 valence electrons. The molecular formula is C22H19F2N5O2. The topological polar surface area (TPSA) is 76.3 Å². The molecule has 0 saturated carbocycles. The first-order valence-electron chi connectivity index (χ1n) is 9.87. The Morgan fingerprint density at radius 3 is 2.52 bits per heavy atom. The van der Waals surface area contributed by atoms with E-state index in [9.17, 15) is 13.9 Å². The Hall–Kier alpha value is -3.59. The summed E-state index contributed by atoms with van der Waals surface area (Å²) in [5, 5.41) is 9.95. The molecule has 0 radical (unpaired) electrons. The van der Waals surface area contributed by atoms with Gasteiger partial charge < -0.3 is 19.3 Å². The van der Waals surface area contributed by atoms with Gasteiger partial charge in [0.05, 0.1) is 26.1 Å². The van der Waals surface area contributed by atoms with Crippen LogP contribution in [0.3, 0.4) is 0 Å². The van der Waals surface area contributed by atoms with E-state index in [2.05, 4.69) is 4.98 Å². The number of benzene rings is 2. The van der Waals surface area contributed by atoms with E-state index in [1.807, 2.05) is 11.0 Å². The molecular weight excluding hydrogens is 404 g/mol. The first-order valence-corrected chi connectivity index (χ1v) is 9.87. The maximum atomic E-state index is 13.7. The minimum Gasteiger partial charge on any atom is -0.508 e. The number of aromatic nitrogens is 4. The lowest BCUT2D eigenvalue weighted by atomic mass is 10.1. The minimum atomic E-state index is -0.636. The van der Waals surface area contributed by atoms with Gasteiger partial charge in [-0.05, 0) is 29.8 Å². The molecule has 3 heterocycles. The lowest BCUT2D eigenvalue weighted by molar-refractivity contribution is 0.122. The van der Waals surface area contributed by atoms with Crippen molar-refractivity contribution in [2.75, 3.05) is 31.2 Å². The summed E-state index contributed by atoms with van der Waals surface area (Å²) < 4.78 is 34.5. The molecule has 4 aromatic rings. The fourth-order valence-corrected chi connectivity index (χ4v) is 3.71. The van der Waals surface area contributed by atoms with Crippen LogP contribution < -0.4 is 4.90 Å². The van der Waals surface area contributed by atoms with E-state index < -0.39 is 11.6 Å². The van der Waals surface area contributed by atoms with Crippen LogP contribution in [-0.4, -0.2) is 50.9 Å². The van der Waals surface area contributed by atoms with Crippen LogP contribution in [0.4, 0.5) is 14.7 Å². The van der Waals surface area contributed by atoms with Gasteiger partial charge in [-0.1, -0.05) is 12.1 Å². The van der Waals surface area contributed by atoms with Crippen molar-refractivity contribution in [1.29, 1.82) is 0 Å². The summed E-state index contributed by atoms with van der Waals surface area (Å²) in [5.74, 6) is -0.639. The zero-order valence-corrected chi connectivity index (χ0v) is 16.5. The van der Waals surface area contributed by atoms with Crippen molar-refractivity contribution in [3.05, 3.63) is 66.0 Å². The Balaban J connectivity index is 1.65. The van der Waals surface area contributed by atoms with Crippen molar-refractivity contribution in [2.24, 2.45) is 0 Å². The molecule has 0 atom stereocenters. The first-order chi connectivity index (χ1) is 15.1. The molecule has 1 aliphatic heterocycles. The van der Waals surface area contributed by atoms with Gasteiger partial charge in [0, 0.05) is 24.7 Å². The lowest BCUT2D eigenvalue weighted by Crippen LogP contribution is -2.37. The third-order valence-corrected chi connectivity index (χ3v) is 5.14. The van der Waals surface area contributed by atoms with Gasteiger partial charge in [0.1, 0.15) is 28.6 Å². The molecule has 31 heavy (non-hydrogen) atoms. The van der Waals surface area contributed by atoms with Crippen molar-refractivity contribution in [1.82, 2.24) is 19.5 Å². The van der Waals surface area contributed by atoms with Gasteiger partial charge >= 0.3 is 0 Å².